The summed E-state index contributed by atoms with van der Waals surface area (Å²) >= 11 is 0. The van der Waals surface area contributed by atoms with Crippen molar-refractivity contribution in [2.45, 2.75) is 31.5 Å². The summed E-state index contributed by atoms with van der Waals surface area (Å²) < 4.78 is 67.1. The number of nitrogens with two attached hydrogens (primary N) is 1. The average Bonchev–Trinajstić information content (AvgIpc) is 2.86. The molecule has 2 amide bonds. The number of carbonyl (C=O) groups excluding carboxylic acids is 2. The van der Waals surface area contributed by atoms with E-state index < -0.39 is 30.3 Å². The van der Waals surface area contributed by atoms with Crippen LogP contribution in [0, 0.1) is 0 Å². The molecule has 2 saturated heterocycles. The van der Waals surface area contributed by atoms with Crippen molar-refractivity contribution in [2.75, 3.05) is 44.3 Å². The number of hydrogen-bond donors (Lipinski definition) is 1. The zero-order valence-corrected chi connectivity index (χ0v) is 19.9. The van der Waals surface area contributed by atoms with Crippen LogP contribution in [0.5, 0.6) is 11.5 Å². The Morgan fingerprint density at radius 2 is 1.76 bits per heavy atom. The molecule has 0 saturated carbocycles. The van der Waals surface area contributed by atoms with Crippen LogP contribution in [0.2, 0.25) is 0 Å². The van der Waals surface area contributed by atoms with Gasteiger partial charge in [-0.25, -0.2) is 4.39 Å². The van der Waals surface area contributed by atoms with E-state index in [9.17, 15) is 22.8 Å². The lowest BCUT2D eigenvalue weighted by Crippen LogP contribution is -2.49. The van der Waals surface area contributed by atoms with Crippen molar-refractivity contribution in [3.63, 3.8) is 0 Å². The third-order valence-electron chi connectivity index (χ3n) is 6.23. The summed E-state index contributed by atoms with van der Waals surface area (Å²) in [4.78, 5) is 28.0. The quantitative estimate of drug-likeness (QED) is 0.559. The highest BCUT2D eigenvalue weighted by Gasteiger charge is 2.34. The van der Waals surface area contributed by atoms with E-state index in [0.717, 1.165) is 17.8 Å². The number of likely N-dealkylation sites (tertiary alicyclic amines) is 1. The number of benzene rings is 2. The van der Waals surface area contributed by atoms with Crippen molar-refractivity contribution < 1.29 is 41.4 Å². The molecule has 200 valence electrons. The number of morpholine rings is 1. The van der Waals surface area contributed by atoms with Crippen LogP contribution in [0.3, 0.4) is 0 Å². The molecule has 0 aromatic heterocycles. The molecular formula is C25H27F4N3O5. The van der Waals surface area contributed by atoms with Crippen molar-refractivity contribution in [3.05, 3.63) is 53.6 Å². The summed E-state index contributed by atoms with van der Waals surface area (Å²) in [6, 6.07) is 9.93. The van der Waals surface area contributed by atoms with E-state index in [-0.39, 0.29) is 43.2 Å². The van der Waals surface area contributed by atoms with Crippen molar-refractivity contribution in [3.8, 4) is 11.5 Å². The summed E-state index contributed by atoms with van der Waals surface area (Å²) in [6.45, 7) is 2.47. The number of nitrogens with zero attached hydrogens (tertiary/aromatic N) is 2. The van der Waals surface area contributed by atoms with Crippen LogP contribution in [0.1, 0.15) is 22.3 Å². The Morgan fingerprint density at radius 1 is 1.05 bits per heavy atom. The second-order valence-electron chi connectivity index (χ2n) is 8.81. The smallest absolute Gasteiger partial charge is 0.486 e. The van der Waals surface area contributed by atoms with Crippen LogP contribution in [-0.2, 0) is 16.0 Å². The molecule has 2 atom stereocenters. The molecule has 2 aromatic rings. The Kier molecular flexibility index (Phi) is 8.06. The summed E-state index contributed by atoms with van der Waals surface area (Å²) in [7, 11) is 0. The van der Waals surface area contributed by atoms with Crippen molar-refractivity contribution in [1.29, 1.82) is 0 Å². The minimum atomic E-state index is -4.80. The molecule has 0 radical (unpaired) electrons. The van der Waals surface area contributed by atoms with Crippen LogP contribution >= 0.6 is 0 Å². The van der Waals surface area contributed by atoms with Crippen molar-refractivity contribution >= 4 is 17.5 Å². The number of amides is 2. The van der Waals surface area contributed by atoms with Gasteiger partial charge in [0.1, 0.15) is 17.6 Å². The third kappa shape index (κ3) is 7.03. The number of rotatable bonds is 7. The second kappa shape index (κ2) is 11.2. The highest BCUT2D eigenvalue weighted by molar-refractivity contribution is 5.96. The first-order chi connectivity index (χ1) is 17.6. The van der Waals surface area contributed by atoms with Gasteiger partial charge in [0.05, 0.1) is 31.7 Å². The van der Waals surface area contributed by atoms with Gasteiger partial charge in [-0.3, -0.25) is 9.59 Å². The van der Waals surface area contributed by atoms with Crippen molar-refractivity contribution in [1.82, 2.24) is 4.90 Å². The highest BCUT2D eigenvalue weighted by atomic mass is 19.4. The number of primary amides is 1. The lowest BCUT2D eigenvalue weighted by atomic mass is 10.0. The molecular weight excluding hydrogens is 498 g/mol. The molecule has 2 aliphatic heterocycles. The van der Waals surface area contributed by atoms with Crippen LogP contribution in [0.25, 0.3) is 0 Å². The third-order valence-corrected chi connectivity index (χ3v) is 6.23. The van der Waals surface area contributed by atoms with Gasteiger partial charge in [0.15, 0.2) is 6.17 Å². The largest absolute Gasteiger partial charge is 0.573 e. The van der Waals surface area contributed by atoms with E-state index >= 15 is 4.39 Å². The highest BCUT2D eigenvalue weighted by Crippen LogP contribution is 2.30. The molecule has 0 spiro atoms. The molecule has 0 aliphatic carbocycles. The zero-order chi connectivity index (χ0) is 26.6. The van der Waals surface area contributed by atoms with E-state index in [1.54, 1.807) is 18.2 Å². The lowest BCUT2D eigenvalue weighted by molar-refractivity contribution is -0.274. The van der Waals surface area contributed by atoms with Crippen LogP contribution in [0.15, 0.2) is 42.5 Å². The maximum Gasteiger partial charge on any atom is 0.573 e. The fourth-order valence-electron chi connectivity index (χ4n) is 4.33. The molecule has 2 aliphatic rings. The first kappa shape index (κ1) is 26.5. The Hall–Kier alpha value is -3.54. The molecule has 2 aromatic carbocycles. The summed E-state index contributed by atoms with van der Waals surface area (Å²) in [5.74, 6) is -1.26. The first-order valence-corrected chi connectivity index (χ1v) is 11.8. The van der Waals surface area contributed by atoms with E-state index in [1.807, 2.05) is 0 Å². The fourth-order valence-corrected chi connectivity index (χ4v) is 4.33. The zero-order valence-electron chi connectivity index (χ0n) is 19.9. The summed E-state index contributed by atoms with van der Waals surface area (Å²) in [5, 5.41) is 0. The first-order valence-electron chi connectivity index (χ1n) is 11.8. The second-order valence-corrected chi connectivity index (χ2v) is 8.81. The fraction of sp³-hybridized carbons (Fsp3) is 0.440. The van der Waals surface area contributed by atoms with Gasteiger partial charge in [-0.2, -0.15) is 0 Å². The van der Waals surface area contributed by atoms with Gasteiger partial charge < -0.3 is 29.7 Å². The van der Waals surface area contributed by atoms with Crippen LogP contribution < -0.4 is 20.1 Å². The normalized spacial score (nSPS) is 20.4. The number of halogens is 4. The SMILES string of the molecule is NC(=O)c1ccc(N2CCOCC2)cc1O[C@@H]1CCN(C(=O)Cc2ccc(OC(F)(F)F)cc2)C[C@H]1F. The Balaban J connectivity index is 1.36. The van der Waals surface area contributed by atoms with E-state index in [1.165, 1.54) is 17.0 Å². The van der Waals surface area contributed by atoms with Gasteiger partial charge in [-0.05, 0) is 29.8 Å². The van der Waals surface area contributed by atoms with E-state index in [2.05, 4.69) is 9.64 Å². The Morgan fingerprint density at radius 3 is 2.38 bits per heavy atom. The van der Waals surface area contributed by atoms with Gasteiger partial charge in [-0.1, -0.05) is 12.1 Å². The van der Waals surface area contributed by atoms with Gasteiger partial charge in [-0.15, -0.1) is 13.2 Å². The number of hydrogen-bond acceptors (Lipinski definition) is 6. The van der Waals surface area contributed by atoms with Gasteiger partial charge in [0.2, 0.25) is 5.91 Å². The van der Waals surface area contributed by atoms with Crippen molar-refractivity contribution in [2.24, 2.45) is 5.73 Å². The minimum Gasteiger partial charge on any atom is -0.486 e. The van der Waals surface area contributed by atoms with Gasteiger partial charge in [0.25, 0.3) is 5.91 Å². The maximum atomic E-state index is 15.1. The van der Waals surface area contributed by atoms with Crippen LogP contribution in [0.4, 0.5) is 23.2 Å². The number of carbonyl (C=O) groups is 2. The monoisotopic (exact) mass is 525 g/mol. The molecule has 2 fully saturated rings. The molecule has 8 nitrogen and oxygen atoms in total. The van der Waals surface area contributed by atoms with E-state index in [0.29, 0.717) is 31.9 Å². The minimum absolute atomic E-state index is 0.0992. The van der Waals surface area contributed by atoms with Gasteiger partial charge >= 0.3 is 6.36 Å². The number of anilines is 1. The summed E-state index contributed by atoms with van der Waals surface area (Å²) in [6.07, 6.45) is -7.13. The number of piperidine rings is 1. The predicted molar refractivity (Wildman–Crippen MR) is 125 cm³/mol. The average molecular weight is 525 g/mol. The van der Waals surface area contributed by atoms with Crippen LogP contribution in [-0.4, -0.2) is 74.7 Å². The molecule has 37 heavy (non-hydrogen) atoms. The predicted octanol–water partition coefficient (Wildman–Crippen LogP) is 3.08. The Bertz CT molecular complexity index is 1110. The van der Waals surface area contributed by atoms with E-state index in [4.69, 9.17) is 15.2 Å². The maximum absolute atomic E-state index is 15.1. The number of alkyl halides is 4. The molecule has 0 unspecified atom stereocenters. The molecule has 4 rings (SSSR count). The Labute approximate surface area is 210 Å². The topological polar surface area (TPSA) is 94.3 Å². The summed E-state index contributed by atoms with van der Waals surface area (Å²) in [5.41, 5.74) is 6.91. The van der Waals surface area contributed by atoms with Gasteiger partial charge in [0, 0.05) is 37.8 Å². The molecule has 2 heterocycles. The number of ether oxygens (including phenoxy) is 3. The molecule has 12 heteroatoms. The standard InChI is InChI=1S/C25H27F4N3O5/c26-20-15-32(23(33)13-16-1-4-18(5-2-16)37-25(27,28)29)8-7-21(20)36-22-14-17(3-6-19(22)24(30)34)31-9-11-35-12-10-31/h1-6,14,20-21H,7-13,15H2,(H2,30,34)/t20-,21-/m1/s1. The molecule has 2 N–H and O–H groups in total. The molecule has 0 bridgehead atoms. The lowest BCUT2D eigenvalue weighted by Gasteiger charge is -2.35.